The Balaban J connectivity index is 1.61. The molecule has 4 rings (SSSR count). The van der Waals surface area contributed by atoms with Gasteiger partial charge in [0.25, 0.3) is 0 Å². The van der Waals surface area contributed by atoms with Gasteiger partial charge in [-0.1, -0.05) is 23.4 Å². The van der Waals surface area contributed by atoms with E-state index in [1.54, 1.807) is 55.8 Å². The zero-order valence-corrected chi connectivity index (χ0v) is 20.3. The van der Waals surface area contributed by atoms with E-state index in [1.807, 2.05) is 0 Å². The van der Waals surface area contributed by atoms with E-state index in [0.29, 0.717) is 17.0 Å². The topological polar surface area (TPSA) is 154 Å². The van der Waals surface area contributed by atoms with Gasteiger partial charge in [-0.3, -0.25) is 4.68 Å². The Kier molecular flexibility index (Phi) is 6.70. The van der Waals surface area contributed by atoms with E-state index in [4.69, 9.17) is 9.26 Å². The van der Waals surface area contributed by atoms with Gasteiger partial charge in [-0.2, -0.15) is 13.5 Å². The van der Waals surface area contributed by atoms with Gasteiger partial charge >= 0.3 is 16.3 Å². The smallest absolute Gasteiger partial charge is 0.422 e. The summed E-state index contributed by atoms with van der Waals surface area (Å²) < 4.78 is 54.2. The molecule has 0 fully saturated rings. The molecular weight excluding hydrogens is 493 g/mol. The van der Waals surface area contributed by atoms with E-state index in [9.17, 15) is 17.6 Å². The van der Waals surface area contributed by atoms with E-state index in [2.05, 4.69) is 24.9 Å². The number of amides is 1. The number of aromatic nitrogens is 5. The second kappa shape index (κ2) is 9.73. The van der Waals surface area contributed by atoms with E-state index < -0.39 is 27.7 Å². The summed E-state index contributed by atoms with van der Waals surface area (Å²) in [4.78, 5) is 20.2. The molecule has 14 heteroatoms. The van der Waals surface area contributed by atoms with Crippen molar-refractivity contribution in [3.8, 4) is 22.9 Å². The van der Waals surface area contributed by atoms with Crippen molar-refractivity contribution in [2.24, 2.45) is 0 Å². The second-order valence-corrected chi connectivity index (χ2v) is 9.94. The van der Waals surface area contributed by atoms with Gasteiger partial charge in [-0.25, -0.2) is 28.6 Å². The van der Waals surface area contributed by atoms with Crippen molar-refractivity contribution >= 4 is 22.1 Å². The monoisotopic (exact) mass is 515 g/mol. The number of nitrogens with one attached hydrogen (secondary N) is 2. The highest BCUT2D eigenvalue weighted by Crippen LogP contribution is 2.25. The lowest BCUT2D eigenvalue weighted by molar-refractivity contribution is 0.0570. The fraction of sp³-hybridized carbons (Fsp3) is 0.227. The molecule has 0 radical (unpaired) electrons. The van der Waals surface area contributed by atoms with Crippen LogP contribution in [0.3, 0.4) is 0 Å². The van der Waals surface area contributed by atoms with Gasteiger partial charge in [0.1, 0.15) is 34.9 Å². The average Bonchev–Trinajstić information content (AvgIpc) is 3.43. The lowest BCUT2D eigenvalue weighted by Crippen LogP contribution is -2.39. The van der Waals surface area contributed by atoms with E-state index in [-0.39, 0.29) is 23.9 Å². The lowest BCUT2D eigenvalue weighted by atomic mass is 10.2. The van der Waals surface area contributed by atoms with Gasteiger partial charge in [0, 0.05) is 17.8 Å². The minimum Gasteiger partial charge on any atom is -0.443 e. The molecule has 12 nitrogen and oxygen atoms in total. The first kappa shape index (κ1) is 24.8. The van der Waals surface area contributed by atoms with Gasteiger partial charge in [-0.15, -0.1) is 0 Å². The Bertz CT molecular complexity index is 1480. The van der Waals surface area contributed by atoms with Crippen LogP contribution in [0.2, 0.25) is 0 Å². The summed E-state index contributed by atoms with van der Waals surface area (Å²) in [5, 5.41) is 8.40. The maximum Gasteiger partial charge on any atom is 0.422 e. The van der Waals surface area contributed by atoms with Crippen LogP contribution in [0.1, 0.15) is 26.3 Å². The van der Waals surface area contributed by atoms with Gasteiger partial charge in [0.2, 0.25) is 0 Å². The number of halogens is 1. The number of ether oxygens (including phenoxy) is 1. The van der Waals surface area contributed by atoms with Crippen molar-refractivity contribution in [3.63, 3.8) is 0 Å². The van der Waals surface area contributed by atoms with Gasteiger partial charge < -0.3 is 9.26 Å². The Labute approximate surface area is 205 Å². The zero-order chi connectivity index (χ0) is 25.9. The lowest BCUT2D eigenvalue weighted by Gasteiger charge is -2.19. The van der Waals surface area contributed by atoms with Crippen LogP contribution < -0.4 is 9.44 Å². The highest BCUT2D eigenvalue weighted by Gasteiger charge is 2.22. The molecule has 188 valence electrons. The molecule has 0 saturated heterocycles. The molecule has 0 unspecified atom stereocenters. The number of carbonyl (C=O) groups is 1. The molecule has 0 spiro atoms. The molecule has 0 atom stereocenters. The molecule has 0 aliphatic carbocycles. The van der Waals surface area contributed by atoms with Crippen LogP contribution in [0, 0.1) is 5.82 Å². The molecule has 0 aliphatic heterocycles. The van der Waals surface area contributed by atoms with E-state index in [0.717, 1.165) is 0 Å². The van der Waals surface area contributed by atoms with Crippen molar-refractivity contribution in [2.45, 2.75) is 32.9 Å². The zero-order valence-electron chi connectivity index (χ0n) is 19.5. The summed E-state index contributed by atoms with van der Waals surface area (Å²) in [5.74, 6) is -0.446. The van der Waals surface area contributed by atoms with Gasteiger partial charge in [-0.05, 0) is 39.0 Å². The molecule has 0 saturated carbocycles. The summed E-state index contributed by atoms with van der Waals surface area (Å²) >= 11 is 0. The standard InChI is InChI=1S/C22H22FN7O5S/c1-22(2,3)35-21(31)29-36(32,33)28-19-8-10-24-20(25-19)17-12-18(16-9-11-34-27-16)30(26-17)13-14-6-4-5-7-15(14)23/h4-12H,13H2,1-3H3,(H,29,31)(H,24,25,28). The van der Waals surface area contributed by atoms with Crippen LogP contribution in [0.15, 0.2) is 59.4 Å². The van der Waals surface area contributed by atoms with E-state index >= 15 is 0 Å². The van der Waals surface area contributed by atoms with Crippen LogP contribution in [0.25, 0.3) is 22.9 Å². The first-order chi connectivity index (χ1) is 17.0. The van der Waals surface area contributed by atoms with Crippen molar-refractivity contribution in [3.05, 3.63) is 66.3 Å². The van der Waals surface area contributed by atoms with Crippen molar-refractivity contribution in [2.75, 3.05) is 4.72 Å². The highest BCUT2D eigenvalue weighted by molar-refractivity contribution is 7.91. The minimum atomic E-state index is -4.34. The normalized spacial score (nSPS) is 11.8. The highest BCUT2D eigenvalue weighted by atomic mass is 32.2. The Morgan fingerprint density at radius 2 is 1.94 bits per heavy atom. The summed E-state index contributed by atoms with van der Waals surface area (Å²) in [6, 6.07) is 10.8. The SMILES string of the molecule is CC(C)(C)OC(=O)NS(=O)(=O)Nc1ccnc(-c2cc(-c3ccon3)n(Cc3ccccc3F)n2)n1. The number of rotatable bonds is 7. The molecule has 2 N–H and O–H groups in total. The molecule has 0 bridgehead atoms. The maximum atomic E-state index is 14.3. The molecule has 3 aromatic heterocycles. The van der Waals surface area contributed by atoms with Crippen molar-refractivity contribution in [1.82, 2.24) is 29.6 Å². The summed E-state index contributed by atoms with van der Waals surface area (Å²) in [7, 11) is -4.34. The molecule has 0 aliphatic rings. The first-order valence-corrected chi connectivity index (χ1v) is 12.1. The fourth-order valence-corrected chi connectivity index (χ4v) is 3.80. The van der Waals surface area contributed by atoms with Crippen LogP contribution in [-0.4, -0.2) is 45.0 Å². The average molecular weight is 516 g/mol. The number of carbonyl (C=O) groups excluding carboxylic acids is 1. The Morgan fingerprint density at radius 3 is 2.64 bits per heavy atom. The third-order valence-electron chi connectivity index (χ3n) is 4.50. The number of hydrogen-bond donors (Lipinski definition) is 2. The number of hydrogen-bond acceptors (Lipinski definition) is 9. The number of nitrogens with zero attached hydrogens (tertiary/aromatic N) is 5. The summed E-state index contributed by atoms with van der Waals surface area (Å²) in [5.41, 5.74) is 0.731. The second-order valence-electron chi connectivity index (χ2n) is 8.52. The first-order valence-electron chi connectivity index (χ1n) is 10.6. The quantitative estimate of drug-likeness (QED) is 0.377. The van der Waals surface area contributed by atoms with Crippen molar-refractivity contribution in [1.29, 1.82) is 0 Å². The predicted octanol–water partition coefficient (Wildman–Crippen LogP) is 3.36. The molecular formula is C22H22FN7O5S. The number of benzene rings is 1. The molecule has 1 amide bonds. The number of anilines is 1. The van der Waals surface area contributed by atoms with Gasteiger partial charge in [0.15, 0.2) is 5.82 Å². The molecule has 1 aromatic carbocycles. The summed E-state index contributed by atoms with van der Waals surface area (Å²) in [6.45, 7) is 4.88. The fourth-order valence-electron chi connectivity index (χ4n) is 3.10. The third-order valence-corrected chi connectivity index (χ3v) is 5.41. The largest absolute Gasteiger partial charge is 0.443 e. The minimum absolute atomic E-state index is 0.0736. The van der Waals surface area contributed by atoms with Gasteiger partial charge in [0.05, 0.1) is 12.2 Å². The Morgan fingerprint density at radius 1 is 1.17 bits per heavy atom. The Hall–Kier alpha value is -4.33. The van der Waals surface area contributed by atoms with Crippen molar-refractivity contribution < 1.29 is 26.9 Å². The predicted molar refractivity (Wildman–Crippen MR) is 126 cm³/mol. The van der Waals surface area contributed by atoms with E-state index in [1.165, 1.54) is 29.3 Å². The molecule has 36 heavy (non-hydrogen) atoms. The molecule has 4 aromatic rings. The third kappa shape index (κ3) is 6.21. The summed E-state index contributed by atoms with van der Waals surface area (Å²) in [6.07, 6.45) is 1.56. The van der Waals surface area contributed by atoms with Crippen LogP contribution in [0.5, 0.6) is 0 Å². The molecule has 3 heterocycles. The van der Waals surface area contributed by atoms with Crippen LogP contribution >= 0.6 is 0 Å². The van der Waals surface area contributed by atoms with Crippen LogP contribution in [0.4, 0.5) is 15.0 Å². The maximum absolute atomic E-state index is 14.3. The van der Waals surface area contributed by atoms with Crippen LogP contribution in [-0.2, 0) is 21.5 Å².